The van der Waals surface area contributed by atoms with Crippen LogP contribution >= 0.6 is 12.2 Å². The average molecular weight is 94.1 g/mol. The fourth-order valence-electron chi connectivity index (χ4n) is 0.0257. The third-order valence-corrected chi connectivity index (χ3v) is 0.267. The van der Waals surface area contributed by atoms with Crippen molar-refractivity contribution in [2.45, 2.75) is 0 Å². The molecule has 0 N–H and O–H groups in total. The van der Waals surface area contributed by atoms with Crippen LogP contribution in [0.25, 0.3) is 0 Å². The monoisotopic (exact) mass is 94.0 g/mol. The molecule has 0 aromatic rings. The van der Waals surface area contributed by atoms with Crippen molar-refractivity contribution in [3.63, 3.8) is 0 Å². The van der Waals surface area contributed by atoms with Crippen molar-refractivity contribution < 1.29 is 9.13 Å². The molecule has 30 valence electrons. The molecular formula is C2H3FOS. The maximum absolute atomic E-state index is 10.7. The van der Waals surface area contributed by atoms with E-state index < -0.39 is 6.86 Å². The highest BCUT2D eigenvalue weighted by molar-refractivity contribution is 7.78. The van der Waals surface area contributed by atoms with Gasteiger partial charge < -0.3 is 4.74 Å². The third kappa shape index (κ3) is 3.82. The Morgan fingerprint density at radius 3 is 2.60 bits per heavy atom. The van der Waals surface area contributed by atoms with E-state index in [2.05, 4.69) is 17.0 Å². The van der Waals surface area contributed by atoms with Crippen molar-refractivity contribution in [3.05, 3.63) is 0 Å². The average Bonchev–Trinajstić information content (AvgIpc) is 1.41. The van der Waals surface area contributed by atoms with Gasteiger partial charge in [-0.2, -0.15) is 0 Å². The van der Waals surface area contributed by atoms with Gasteiger partial charge in [0, 0.05) is 0 Å². The molecule has 0 aromatic heterocycles. The Morgan fingerprint density at radius 1 is 2.00 bits per heavy atom. The number of halogens is 1. The summed E-state index contributed by atoms with van der Waals surface area (Å²) in [5.41, 5.74) is 0.889. The number of alkyl halides is 1. The molecule has 0 amide bonds. The Morgan fingerprint density at radius 2 is 2.60 bits per heavy atom. The van der Waals surface area contributed by atoms with Crippen LogP contribution in [0.4, 0.5) is 4.39 Å². The Bertz CT molecular complexity index is 30.8. The van der Waals surface area contributed by atoms with Gasteiger partial charge in [0.15, 0.2) is 0 Å². The van der Waals surface area contributed by atoms with Crippen LogP contribution in [0.1, 0.15) is 0 Å². The van der Waals surface area contributed by atoms with Crippen molar-refractivity contribution >= 4 is 17.8 Å². The van der Waals surface area contributed by atoms with Crippen LogP contribution in [0.5, 0.6) is 0 Å². The number of thiocarbonyl (C=S) groups is 1. The van der Waals surface area contributed by atoms with Crippen molar-refractivity contribution in [2.24, 2.45) is 0 Å². The molecule has 0 saturated carbocycles. The molecule has 0 unspecified atom stereocenters. The van der Waals surface area contributed by atoms with Gasteiger partial charge in [0.1, 0.15) is 5.55 Å². The molecule has 0 aliphatic carbocycles. The first kappa shape index (κ1) is 4.82. The molecule has 0 saturated heterocycles. The second-order valence-corrected chi connectivity index (χ2v) is 0.564. The minimum Gasteiger partial charge on any atom is -0.459 e. The molecule has 0 spiro atoms. The zero-order valence-corrected chi connectivity index (χ0v) is 3.30. The topological polar surface area (TPSA) is 9.23 Å². The second-order valence-electron chi connectivity index (χ2n) is 0.372. The lowest BCUT2D eigenvalue weighted by Gasteiger charge is -1.79. The molecule has 0 bridgehead atoms. The van der Waals surface area contributed by atoms with E-state index in [1.165, 1.54) is 0 Å². The van der Waals surface area contributed by atoms with Crippen molar-refractivity contribution in [1.82, 2.24) is 0 Å². The van der Waals surface area contributed by atoms with Crippen LogP contribution in [0, 0.1) is 0 Å². The van der Waals surface area contributed by atoms with Gasteiger partial charge in [-0.05, 0) is 12.2 Å². The molecule has 0 aliphatic heterocycles. The number of ether oxygens (including phenoxy) is 1. The first-order valence-electron chi connectivity index (χ1n) is 1.03. The van der Waals surface area contributed by atoms with E-state index in [1.807, 2.05) is 0 Å². The third-order valence-electron chi connectivity index (χ3n) is 0.131. The van der Waals surface area contributed by atoms with Gasteiger partial charge in [-0.1, -0.05) is 0 Å². The summed E-state index contributed by atoms with van der Waals surface area (Å²) in [5, 5.41) is 0. The molecule has 0 aromatic carbocycles. The molecule has 0 heterocycles. The lowest BCUT2D eigenvalue weighted by atomic mass is 11.5. The Balaban J connectivity index is 2.40. The molecule has 0 fully saturated rings. The summed E-state index contributed by atoms with van der Waals surface area (Å²) in [7, 11) is 0. The van der Waals surface area contributed by atoms with E-state index in [0.717, 1.165) is 5.55 Å². The molecule has 1 nitrogen and oxygen atoms in total. The Labute approximate surface area is 34.7 Å². The highest BCUT2D eigenvalue weighted by Gasteiger charge is 1.61. The predicted octanol–water partition coefficient (Wildman–Crippen LogP) is 0.887. The number of rotatable bonds is 2. The van der Waals surface area contributed by atoms with Gasteiger partial charge in [0.25, 0.3) is 0 Å². The summed E-state index contributed by atoms with van der Waals surface area (Å²) in [5.74, 6) is 0. The van der Waals surface area contributed by atoms with E-state index in [4.69, 9.17) is 0 Å². The summed E-state index contributed by atoms with van der Waals surface area (Å²) in [6.45, 7) is -0.816. The molecule has 0 aliphatic rings. The lowest BCUT2D eigenvalue weighted by molar-refractivity contribution is 0.194. The van der Waals surface area contributed by atoms with Crippen LogP contribution in [0.15, 0.2) is 0 Å². The standard InChI is InChI=1S/C2H3FOS/c3-1-4-2-5/h2H,1H2. The minimum atomic E-state index is -0.816. The summed E-state index contributed by atoms with van der Waals surface area (Å²) >= 11 is 4.06. The van der Waals surface area contributed by atoms with Gasteiger partial charge >= 0.3 is 0 Å². The SMILES string of the molecule is FCOC=S. The van der Waals surface area contributed by atoms with Crippen LogP contribution < -0.4 is 0 Å². The van der Waals surface area contributed by atoms with Crippen LogP contribution in [-0.4, -0.2) is 12.4 Å². The minimum absolute atomic E-state index is 0.816. The van der Waals surface area contributed by atoms with Gasteiger partial charge in [-0.25, -0.2) is 4.39 Å². The maximum Gasteiger partial charge on any atom is 0.228 e. The summed E-state index contributed by atoms with van der Waals surface area (Å²) in [4.78, 5) is 0. The van der Waals surface area contributed by atoms with E-state index >= 15 is 0 Å². The van der Waals surface area contributed by atoms with Crippen LogP contribution in [0.3, 0.4) is 0 Å². The van der Waals surface area contributed by atoms with Crippen molar-refractivity contribution in [2.75, 3.05) is 6.86 Å². The van der Waals surface area contributed by atoms with E-state index in [-0.39, 0.29) is 0 Å². The Hall–Kier alpha value is -0.180. The largest absolute Gasteiger partial charge is 0.459 e. The fraction of sp³-hybridized carbons (Fsp3) is 0.500. The molecule has 5 heavy (non-hydrogen) atoms. The first-order valence-corrected chi connectivity index (χ1v) is 1.50. The number of hydrogen-bond acceptors (Lipinski definition) is 2. The zero-order valence-electron chi connectivity index (χ0n) is 2.48. The van der Waals surface area contributed by atoms with E-state index in [9.17, 15) is 4.39 Å². The van der Waals surface area contributed by atoms with E-state index in [0.29, 0.717) is 0 Å². The maximum atomic E-state index is 10.7. The first-order chi connectivity index (χ1) is 2.41. The molecule has 0 atom stereocenters. The number of hydrogen-bond donors (Lipinski definition) is 0. The molecule has 0 radical (unpaired) electrons. The quantitative estimate of drug-likeness (QED) is 0.470. The smallest absolute Gasteiger partial charge is 0.228 e. The summed E-state index contributed by atoms with van der Waals surface area (Å²) in [6, 6.07) is 0. The molecule has 3 heteroatoms. The van der Waals surface area contributed by atoms with Gasteiger partial charge in [-0.3, -0.25) is 0 Å². The van der Waals surface area contributed by atoms with Gasteiger partial charge in [-0.15, -0.1) is 0 Å². The molecular weight excluding hydrogens is 91.1 g/mol. The zero-order chi connectivity index (χ0) is 4.12. The van der Waals surface area contributed by atoms with Gasteiger partial charge in [0.2, 0.25) is 6.86 Å². The lowest BCUT2D eigenvalue weighted by Crippen LogP contribution is -1.76. The van der Waals surface area contributed by atoms with E-state index in [1.54, 1.807) is 0 Å². The highest BCUT2D eigenvalue weighted by atomic mass is 32.1. The Kier molecular flexibility index (Phi) is 3.68. The fourth-order valence-corrected chi connectivity index (χ4v) is 0.0772. The highest BCUT2D eigenvalue weighted by Crippen LogP contribution is 1.63. The van der Waals surface area contributed by atoms with Crippen LogP contribution in [0.2, 0.25) is 0 Å². The summed E-state index contributed by atoms with van der Waals surface area (Å²) < 4.78 is 14.5. The van der Waals surface area contributed by atoms with Gasteiger partial charge in [0.05, 0.1) is 0 Å². The van der Waals surface area contributed by atoms with Crippen molar-refractivity contribution in [1.29, 1.82) is 0 Å². The normalized spacial score (nSPS) is 6.60. The second kappa shape index (κ2) is 3.82. The predicted molar refractivity (Wildman–Crippen MR) is 20.7 cm³/mol. The molecule has 0 rings (SSSR count). The van der Waals surface area contributed by atoms with Crippen LogP contribution in [-0.2, 0) is 4.74 Å². The summed E-state index contributed by atoms with van der Waals surface area (Å²) in [6.07, 6.45) is 0. The van der Waals surface area contributed by atoms with Crippen molar-refractivity contribution in [3.8, 4) is 0 Å².